The molecule has 1 aromatic carbocycles. The Morgan fingerprint density at radius 2 is 1.89 bits per heavy atom. The van der Waals surface area contributed by atoms with Gasteiger partial charge in [-0.15, -0.1) is 0 Å². The molecule has 0 saturated heterocycles. The van der Waals surface area contributed by atoms with Crippen molar-refractivity contribution < 1.29 is 9.50 Å². The number of nitrogens with zero attached hydrogens (tertiary/aromatic N) is 1. The number of rotatable bonds is 2. The van der Waals surface area contributed by atoms with E-state index in [1.807, 2.05) is 19.9 Å². The third-order valence-corrected chi connectivity index (χ3v) is 3.13. The molecule has 3 heteroatoms. The van der Waals surface area contributed by atoms with Gasteiger partial charge in [0.1, 0.15) is 11.9 Å². The summed E-state index contributed by atoms with van der Waals surface area (Å²) in [5.74, 6) is -0.372. The third kappa shape index (κ3) is 2.27. The molecular weight excluding hydrogens is 229 g/mol. The lowest BCUT2D eigenvalue weighted by molar-refractivity contribution is 0.213. The number of benzene rings is 1. The minimum Gasteiger partial charge on any atom is -0.383 e. The number of hydrogen-bond donors (Lipinski definition) is 1. The number of aromatic nitrogens is 1. The first-order valence-electron chi connectivity index (χ1n) is 5.86. The normalized spacial score (nSPS) is 12.5. The summed E-state index contributed by atoms with van der Waals surface area (Å²) < 4.78 is 14.0. The Bertz CT molecular complexity index is 557. The molecule has 0 amide bonds. The SMILES string of the molecule is Cc1cc(C)c(C(O)c2cnccc2C)c(F)c1. The van der Waals surface area contributed by atoms with Gasteiger partial charge in [0.2, 0.25) is 0 Å². The zero-order valence-electron chi connectivity index (χ0n) is 10.7. The highest BCUT2D eigenvalue weighted by Gasteiger charge is 2.19. The van der Waals surface area contributed by atoms with Crippen LogP contribution in [0.1, 0.15) is 33.9 Å². The maximum absolute atomic E-state index is 14.0. The van der Waals surface area contributed by atoms with Gasteiger partial charge in [0.15, 0.2) is 0 Å². The minimum atomic E-state index is -0.973. The van der Waals surface area contributed by atoms with Crippen LogP contribution < -0.4 is 0 Å². The van der Waals surface area contributed by atoms with Crippen molar-refractivity contribution in [1.29, 1.82) is 0 Å². The van der Waals surface area contributed by atoms with Crippen LogP contribution in [-0.2, 0) is 0 Å². The monoisotopic (exact) mass is 245 g/mol. The maximum Gasteiger partial charge on any atom is 0.129 e. The molecule has 18 heavy (non-hydrogen) atoms. The summed E-state index contributed by atoms with van der Waals surface area (Å²) in [5, 5.41) is 10.3. The number of aryl methyl sites for hydroxylation is 3. The second-order valence-electron chi connectivity index (χ2n) is 4.61. The smallest absolute Gasteiger partial charge is 0.129 e. The topological polar surface area (TPSA) is 33.1 Å². The molecule has 94 valence electrons. The highest BCUT2D eigenvalue weighted by atomic mass is 19.1. The first-order chi connectivity index (χ1) is 8.50. The molecule has 1 unspecified atom stereocenters. The van der Waals surface area contributed by atoms with Crippen LogP contribution in [-0.4, -0.2) is 10.1 Å². The second kappa shape index (κ2) is 4.86. The van der Waals surface area contributed by atoms with Crippen LogP contribution in [0.4, 0.5) is 4.39 Å². The highest BCUT2D eigenvalue weighted by Crippen LogP contribution is 2.29. The fraction of sp³-hybridized carbons (Fsp3) is 0.267. The summed E-state index contributed by atoms with van der Waals surface area (Å²) in [5.41, 5.74) is 3.48. The third-order valence-electron chi connectivity index (χ3n) is 3.13. The highest BCUT2D eigenvalue weighted by molar-refractivity contribution is 5.40. The van der Waals surface area contributed by atoms with E-state index in [2.05, 4.69) is 4.98 Å². The van der Waals surface area contributed by atoms with Crippen LogP contribution in [0.3, 0.4) is 0 Å². The first kappa shape index (κ1) is 12.7. The van der Waals surface area contributed by atoms with Crippen LogP contribution >= 0.6 is 0 Å². The average molecular weight is 245 g/mol. The van der Waals surface area contributed by atoms with E-state index in [-0.39, 0.29) is 5.82 Å². The molecule has 0 aliphatic carbocycles. The van der Waals surface area contributed by atoms with E-state index in [9.17, 15) is 9.50 Å². The predicted molar refractivity (Wildman–Crippen MR) is 68.9 cm³/mol. The quantitative estimate of drug-likeness (QED) is 0.881. The number of aliphatic hydroxyl groups is 1. The molecule has 0 aliphatic rings. The number of hydrogen-bond acceptors (Lipinski definition) is 2. The fourth-order valence-electron chi connectivity index (χ4n) is 2.19. The van der Waals surface area contributed by atoms with Crippen LogP contribution in [0.2, 0.25) is 0 Å². The number of halogens is 1. The molecule has 0 fully saturated rings. The van der Waals surface area contributed by atoms with Gasteiger partial charge in [0.05, 0.1) is 0 Å². The van der Waals surface area contributed by atoms with Crippen LogP contribution in [0.15, 0.2) is 30.6 Å². The molecule has 0 radical (unpaired) electrons. The lowest BCUT2D eigenvalue weighted by Gasteiger charge is -2.17. The zero-order valence-corrected chi connectivity index (χ0v) is 10.7. The Morgan fingerprint density at radius 3 is 2.50 bits per heavy atom. The van der Waals surface area contributed by atoms with Crippen molar-refractivity contribution in [2.24, 2.45) is 0 Å². The molecule has 2 rings (SSSR count). The lowest BCUT2D eigenvalue weighted by Crippen LogP contribution is -2.07. The van der Waals surface area contributed by atoms with Gasteiger partial charge < -0.3 is 5.11 Å². The number of pyridine rings is 1. The van der Waals surface area contributed by atoms with E-state index in [0.29, 0.717) is 11.1 Å². The Hall–Kier alpha value is -1.74. The van der Waals surface area contributed by atoms with Crippen molar-refractivity contribution in [3.05, 3.63) is 64.2 Å². The van der Waals surface area contributed by atoms with Crippen molar-refractivity contribution in [1.82, 2.24) is 4.98 Å². The molecule has 2 nitrogen and oxygen atoms in total. The zero-order chi connectivity index (χ0) is 13.3. The maximum atomic E-state index is 14.0. The van der Waals surface area contributed by atoms with Gasteiger partial charge in [-0.25, -0.2) is 4.39 Å². The summed E-state index contributed by atoms with van der Waals surface area (Å²) in [4.78, 5) is 3.99. The molecule has 1 atom stereocenters. The Balaban J connectivity index is 2.53. The van der Waals surface area contributed by atoms with Crippen molar-refractivity contribution in [3.8, 4) is 0 Å². The van der Waals surface area contributed by atoms with Crippen molar-refractivity contribution in [2.75, 3.05) is 0 Å². The van der Waals surface area contributed by atoms with Gasteiger partial charge in [-0.1, -0.05) is 6.07 Å². The molecule has 0 aliphatic heterocycles. The van der Waals surface area contributed by atoms with Crippen LogP contribution in [0.25, 0.3) is 0 Å². The number of aliphatic hydroxyl groups excluding tert-OH is 1. The summed E-state index contributed by atoms with van der Waals surface area (Å²) in [6.07, 6.45) is 2.27. The minimum absolute atomic E-state index is 0.330. The van der Waals surface area contributed by atoms with Gasteiger partial charge >= 0.3 is 0 Å². The van der Waals surface area contributed by atoms with Gasteiger partial charge in [0, 0.05) is 23.5 Å². The molecular formula is C15H16FNO. The predicted octanol–water partition coefficient (Wildman–Crippen LogP) is 3.23. The van der Waals surface area contributed by atoms with E-state index >= 15 is 0 Å². The van der Waals surface area contributed by atoms with Crippen molar-refractivity contribution >= 4 is 0 Å². The molecule has 0 saturated carbocycles. The van der Waals surface area contributed by atoms with Gasteiger partial charge in [-0.3, -0.25) is 4.98 Å². The molecule has 1 heterocycles. The van der Waals surface area contributed by atoms with Gasteiger partial charge in [-0.2, -0.15) is 0 Å². The summed E-state index contributed by atoms with van der Waals surface area (Å²) in [6.45, 7) is 5.52. The second-order valence-corrected chi connectivity index (χ2v) is 4.61. The Kier molecular flexibility index (Phi) is 3.43. The van der Waals surface area contributed by atoms with E-state index in [4.69, 9.17) is 0 Å². The molecule has 1 aromatic heterocycles. The summed E-state index contributed by atoms with van der Waals surface area (Å²) >= 11 is 0. The van der Waals surface area contributed by atoms with Crippen LogP contribution in [0.5, 0.6) is 0 Å². The average Bonchev–Trinajstić information content (AvgIpc) is 2.27. The fourth-order valence-corrected chi connectivity index (χ4v) is 2.19. The first-order valence-corrected chi connectivity index (χ1v) is 5.86. The van der Waals surface area contributed by atoms with Gasteiger partial charge in [0.25, 0.3) is 0 Å². The summed E-state index contributed by atoms with van der Waals surface area (Å²) in [6, 6.07) is 5.12. The largest absolute Gasteiger partial charge is 0.383 e. The van der Waals surface area contributed by atoms with Crippen molar-refractivity contribution in [3.63, 3.8) is 0 Å². The van der Waals surface area contributed by atoms with E-state index in [1.54, 1.807) is 25.4 Å². The Morgan fingerprint density at radius 1 is 1.17 bits per heavy atom. The molecule has 0 bridgehead atoms. The van der Waals surface area contributed by atoms with E-state index in [0.717, 1.165) is 16.7 Å². The van der Waals surface area contributed by atoms with Crippen LogP contribution in [0, 0.1) is 26.6 Å². The molecule has 2 aromatic rings. The lowest BCUT2D eigenvalue weighted by atomic mass is 9.94. The van der Waals surface area contributed by atoms with E-state index < -0.39 is 6.10 Å². The van der Waals surface area contributed by atoms with Crippen molar-refractivity contribution in [2.45, 2.75) is 26.9 Å². The molecule has 0 spiro atoms. The molecule has 1 N–H and O–H groups in total. The standard InChI is InChI=1S/C15H16FNO/c1-9-6-11(3)14(13(16)7-9)15(18)12-8-17-5-4-10(12)2/h4-8,15,18H,1-3H3. The van der Waals surface area contributed by atoms with Gasteiger partial charge in [-0.05, 0) is 49.6 Å². The van der Waals surface area contributed by atoms with E-state index in [1.165, 1.54) is 6.07 Å². The Labute approximate surface area is 106 Å². The summed E-state index contributed by atoms with van der Waals surface area (Å²) in [7, 11) is 0.